The van der Waals surface area contributed by atoms with E-state index in [0.29, 0.717) is 11.3 Å². The highest BCUT2D eigenvalue weighted by molar-refractivity contribution is 7.91. The number of aromatic nitrogens is 1. The van der Waals surface area contributed by atoms with Crippen LogP contribution in [0, 0.1) is 10.1 Å². The second kappa shape index (κ2) is 5.21. The summed E-state index contributed by atoms with van der Waals surface area (Å²) >= 11 is 1.96. The van der Waals surface area contributed by atoms with Gasteiger partial charge in [0.25, 0.3) is 10.0 Å². The minimum atomic E-state index is -3.81. The summed E-state index contributed by atoms with van der Waals surface area (Å²) in [5, 5.41) is 10.5. The minimum absolute atomic E-state index is 0.0819. The quantitative estimate of drug-likeness (QED) is 0.628. The maximum absolute atomic E-state index is 11.9. The number of hydrogen-bond donors (Lipinski definition) is 2. The number of hydrogen-bond acceptors (Lipinski definition) is 8. The van der Waals surface area contributed by atoms with Gasteiger partial charge in [-0.15, -0.1) is 11.3 Å². The van der Waals surface area contributed by atoms with Crippen molar-refractivity contribution in [3.05, 3.63) is 32.8 Å². The predicted molar refractivity (Wildman–Crippen MR) is 71.5 cm³/mol. The molecule has 0 saturated carbocycles. The molecule has 8 nitrogen and oxygen atoms in total. The molecule has 11 heteroatoms. The summed E-state index contributed by atoms with van der Waals surface area (Å²) in [5.74, 6) is 0. The van der Waals surface area contributed by atoms with Crippen LogP contribution in [-0.2, 0) is 16.6 Å². The van der Waals surface area contributed by atoms with Crippen LogP contribution in [-0.4, -0.2) is 18.3 Å². The van der Waals surface area contributed by atoms with Crippen LogP contribution in [0.25, 0.3) is 0 Å². The van der Waals surface area contributed by atoms with Crippen LogP contribution in [0.2, 0.25) is 0 Å². The topological polar surface area (TPSA) is 128 Å². The number of nitrogens with two attached hydrogens (primary N) is 1. The van der Waals surface area contributed by atoms with Crippen LogP contribution in [0.3, 0.4) is 0 Å². The van der Waals surface area contributed by atoms with Gasteiger partial charge >= 0.3 is 5.69 Å². The third-order valence-corrected chi connectivity index (χ3v) is 5.71. The van der Waals surface area contributed by atoms with Crippen molar-refractivity contribution in [2.45, 2.75) is 10.8 Å². The van der Waals surface area contributed by atoms with Gasteiger partial charge in [0.1, 0.15) is 4.21 Å². The van der Waals surface area contributed by atoms with Crippen molar-refractivity contribution in [3.63, 3.8) is 0 Å². The molecule has 2 aromatic heterocycles. The number of thiophene rings is 1. The van der Waals surface area contributed by atoms with E-state index in [1.807, 2.05) is 0 Å². The Kier molecular flexibility index (Phi) is 3.80. The van der Waals surface area contributed by atoms with E-state index < -0.39 is 20.6 Å². The molecule has 0 aliphatic heterocycles. The molecule has 0 aliphatic carbocycles. The Bertz CT molecular complexity index is 692. The Morgan fingerprint density at radius 1 is 1.53 bits per heavy atom. The van der Waals surface area contributed by atoms with E-state index in [1.165, 1.54) is 11.3 Å². The van der Waals surface area contributed by atoms with E-state index in [1.54, 1.807) is 11.7 Å². The van der Waals surface area contributed by atoms with Crippen LogP contribution in [0.15, 0.2) is 22.0 Å². The van der Waals surface area contributed by atoms with Crippen molar-refractivity contribution < 1.29 is 13.3 Å². The van der Waals surface area contributed by atoms with E-state index in [0.717, 1.165) is 10.9 Å². The molecule has 2 heterocycles. The zero-order chi connectivity index (χ0) is 14.0. The Labute approximate surface area is 116 Å². The smallest absolute Gasteiger partial charge is 0.304 e. The Morgan fingerprint density at radius 3 is 2.79 bits per heavy atom. The third-order valence-electron chi connectivity index (χ3n) is 2.10. The number of thiazole rings is 1. The zero-order valence-electron chi connectivity index (χ0n) is 9.27. The highest BCUT2D eigenvalue weighted by Crippen LogP contribution is 2.34. The Hall–Kier alpha value is -1.56. The van der Waals surface area contributed by atoms with E-state index in [4.69, 9.17) is 5.73 Å². The van der Waals surface area contributed by atoms with E-state index in [9.17, 15) is 18.5 Å². The fourth-order valence-electron chi connectivity index (χ4n) is 1.21. The average molecular weight is 320 g/mol. The highest BCUT2D eigenvalue weighted by atomic mass is 32.2. The van der Waals surface area contributed by atoms with Gasteiger partial charge in [-0.3, -0.25) is 15.1 Å². The summed E-state index contributed by atoms with van der Waals surface area (Å²) in [5.41, 5.74) is 6.59. The van der Waals surface area contributed by atoms with Crippen LogP contribution >= 0.6 is 22.7 Å². The molecule has 0 aliphatic rings. The SMILES string of the molecule is Nc1sc(S(=O)(=O)NCc2cncs2)cc1[N+](=O)[O-]. The van der Waals surface area contributed by atoms with Crippen molar-refractivity contribution in [1.82, 2.24) is 9.71 Å². The van der Waals surface area contributed by atoms with Crippen molar-refractivity contribution in [2.24, 2.45) is 0 Å². The van der Waals surface area contributed by atoms with Crippen LogP contribution < -0.4 is 10.5 Å². The summed E-state index contributed by atoms with van der Waals surface area (Å²) in [6, 6.07) is 0.953. The second-order valence-electron chi connectivity index (χ2n) is 3.36. The van der Waals surface area contributed by atoms with Gasteiger partial charge < -0.3 is 5.73 Å². The van der Waals surface area contributed by atoms with Gasteiger partial charge in [0.2, 0.25) is 0 Å². The monoisotopic (exact) mass is 320 g/mol. The Morgan fingerprint density at radius 2 is 2.26 bits per heavy atom. The molecule has 19 heavy (non-hydrogen) atoms. The van der Waals surface area contributed by atoms with Crippen molar-refractivity contribution in [1.29, 1.82) is 0 Å². The number of rotatable bonds is 5. The van der Waals surface area contributed by atoms with Gasteiger partial charge in [0.15, 0.2) is 5.00 Å². The van der Waals surface area contributed by atoms with Crippen molar-refractivity contribution >= 4 is 43.4 Å². The lowest BCUT2D eigenvalue weighted by molar-refractivity contribution is -0.383. The largest absolute Gasteiger partial charge is 0.385 e. The maximum Gasteiger partial charge on any atom is 0.304 e. The zero-order valence-corrected chi connectivity index (χ0v) is 11.7. The van der Waals surface area contributed by atoms with E-state index in [2.05, 4.69) is 9.71 Å². The first-order valence-corrected chi connectivity index (χ1v) is 7.99. The molecule has 102 valence electrons. The molecule has 3 N–H and O–H groups in total. The fourth-order valence-corrected chi connectivity index (χ4v) is 4.11. The first kappa shape index (κ1) is 13.9. The molecule has 0 radical (unpaired) electrons. The highest BCUT2D eigenvalue weighted by Gasteiger charge is 2.24. The second-order valence-corrected chi connectivity index (χ2v) is 7.41. The molecule has 0 bridgehead atoms. The van der Waals surface area contributed by atoms with Gasteiger partial charge in [-0.25, -0.2) is 13.1 Å². The first-order chi connectivity index (χ1) is 8.90. The molecular formula is C8H8N4O4S3. The van der Waals surface area contributed by atoms with Crippen molar-refractivity contribution in [3.8, 4) is 0 Å². The molecule has 0 spiro atoms. The number of nitrogen functional groups attached to an aromatic ring is 1. The third kappa shape index (κ3) is 3.07. The number of anilines is 1. The maximum atomic E-state index is 11.9. The minimum Gasteiger partial charge on any atom is -0.385 e. The lowest BCUT2D eigenvalue weighted by Gasteiger charge is -2.01. The number of sulfonamides is 1. The van der Waals surface area contributed by atoms with Gasteiger partial charge in [0.05, 0.1) is 10.4 Å². The molecule has 0 fully saturated rings. The predicted octanol–water partition coefficient (Wildman–Crippen LogP) is 1.17. The molecule has 0 saturated heterocycles. The lowest BCUT2D eigenvalue weighted by Crippen LogP contribution is -2.21. The Balaban J connectivity index is 2.20. The normalized spacial score (nSPS) is 11.6. The average Bonchev–Trinajstić information content (AvgIpc) is 2.95. The van der Waals surface area contributed by atoms with E-state index >= 15 is 0 Å². The van der Waals surface area contributed by atoms with Gasteiger partial charge in [0, 0.05) is 23.7 Å². The lowest BCUT2D eigenvalue weighted by atomic mass is 10.5. The van der Waals surface area contributed by atoms with E-state index in [-0.39, 0.29) is 15.8 Å². The van der Waals surface area contributed by atoms with Gasteiger partial charge in [-0.2, -0.15) is 0 Å². The summed E-state index contributed by atoms with van der Waals surface area (Å²) in [6.45, 7) is 0.0819. The molecule has 0 unspecified atom stereocenters. The number of nitrogens with zero attached hydrogens (tertiary/aromatic N) is 2. The number of nitro groups is 1. The summed E-state index contributed by atoms with van der Waals surface area (Å²) in [7, 11) is -3.81. The summed E-state index contributed by atoms with van der Waals surface area (Å²) in [6.07, 6.45) is 1.54. The van der Waals surface area contributed by atoms with Crippen LogP contribution in [0.5, 0.6) is 0 Å². The summed E-state index contributed by atoms with van der Waals surface area (Å²) < 4.78 is 26.0. The molecule has 0 amide bonds. The van der Waals surface area contributed by atoms with Crippen LogP contribution in [0.4, 0.5) is 10.7 Å². The summed E-state index contributed by atoms with van der Waals surface area (Å²) in [4.78, 5) is 14.5. The van der Waals surface area contributed by atoms with Gasteiger partial charge in [-0.1, -0.05) is 11.3 Å². The standard InChI is InChI=1S/C8H8N4O4S3/c9-8-6(12(13)14)1-7(18-8)19(15,16)11-3-5-2-10-4-17-5/h1-2,4,11H,3,9H2. The van der Waals surface area contributed by atoms with Crippen molar-refractivity contribution in [2.75, 3.05) is 5.73 Å². The van der Waals surface area contributed by atoms with Crippen LogP contribution in [0.1, 0.15) is 4.88 Å². The first-order valence-electron chi connectivity index (χ1n) is 4.81. The molecule has 0 atom stereocenters. The number of nitrogens with one attached hydrogen (secondary N) is 1. The molecule has 0 aromatic carbocycles. The molecule has 2 rings (SSSR count). The molecule has 2 aromatic rings. The fraction of sp³-hybridized carbons (Fsp3) is 0.125. The molecular weight excluding hydrogens is 312 g/mol. The van der Waals surface area contributed by atoms with Gasteiger partial charge in [-0.05, 0) is 0 Å².